The molecule has 0 aliphatic carbocycles. The number of nitrogens with one attached hydrogen (secondary N) is 1. The van der Waals surface area contributed by atoms with Crippen LogP contribution in [0.4, 0.5) is 4.39 Å². The molecule has 1 N–H and O–H groups in total. The summed E-state index contributed by atoms with van der Waals surface area (Å²) in [7, 11) is 1.48. The first-order valence-electron chi connectivity index (χ1n) is 8.20. The van der Waals surface area contributed by atoms with Gasteiger partial charge in [-0.15, -0.1) is 0 Å². The van der Waals surface area contributed by atoms with Gasteiger partial charge in [0.05, 0.1) is 12.8 Å². The van der Waals surface area contributed by atoms with Crippen LogP contribution < -0.4 is 10.1 Å². The maximum absolute atomic E-state index is 13.9. The molecule has 136 valence electrons. The van der Waals surface area contributed by atoms with Crippen LogP contribution in [0.1, 0.15) is 37.0 Å². The van der Waals surface area contributed by atoms with E-state index in [1.807, 2.05) is 33.8 Å². The van der Waals surface area contributed by atoms with E-state index in [9.17, 15) is 9.18 Å². The number of carbonyl (C=O) groups excluding carboxylic acids is 1. The molecule has 1 aromatic carbocycles. The van der Waals surface area contributed by atoms with Crippen molar-refractivity contribution in [1.29, 1.82) is 0 Å². The number of fused-ring (bicyclic) bond motifs is 1. The Labute approximate surface area is 151 Å². The average molecular weight is 356 g/mol. The van der Waals surface area contributed by atoms with Crippen LogP contribution in [0.25, 0.3) is 16.9 Å². The molecule has 6 nitrogen and oxygen atoms in total. The van der Waals surface area contributed by atoms with Crippen molar-refractivity contribution in [1.82, 2.24) is 19.7 Å². The first-order valence-corrected chi connectivity index (χ1v) is 8.20. The van der Waals surface area contributed by atoms with E-state index in [1.54, 1.807) is 16.8 Å². The maximum atomic E-state index is 13.9. The summed E-state index contributed by atoms with van der Waals surface area (Å²) in [6.45, 7) is 7.56. The second kappa shape index (κ2) is 6.40. The number of halogens is 1. The van der Waals surface area contributed by atoms with Crippen molar-refractivity contribution in [2.75, 3.05) is 7.11 Å². The van der Waals surface area contributed by atoms with Gasteiger partial charge in [-0.25, -0.2) is 14.4 Å². The largest absolute Gasteiger partial charge is 0.497 e. The molecule has 3 rings (SSSR count). The van der Waals surface area contributed by atoms with Gasteiger partial charge in [0.2, 0.25) is 0 Å². The fraction of sp³-hybridized carbons (Fsp3) is 0.316. The highest BCUT2D eigenvalue weighted by atomic mass is 19.1. The monoisotopic (exact) mass is 356 g/mol. The number of aryl methyl sites for hydroxylation is 1. The van der Waals surface area contributed by atoms with E-state index in [2.05, 4.69) is 15.3 Å². The molecule has 0 aliphatic rings. The minimum absolute atomic E-state index is 0.230. The van der Waals surface area contributed by atoms with Crippen LogP contribution in [0.5, 0.6) is 5.75 Å². The lowest BCUT2D eigenvalue weighted by atomic mass is 10.1. The van der Waals surface area contributed by atoms with Crippen molar-refractivity contribution in [2.24, 2.45) is 0 Å². The van der Waals surface area contributed by atoms with Crippen molar-refractivity contribution in [2.45, 2.75) is 33.2 Å². The summed E-state index contributed by atoms with van der Waals surface area (Å²) in [5, 5.41) is 2.88. The molecule has 0 aliphatic heterocycles. The Hall–Kier alpha value is -2.96. The van der Waals surface area contributed by atoms with Crippen LogP contribution in [0, 0.1) is 12.7 Å². The number of nitrogens with zero attached hydrogens (tertiary/aromatic N) is 3. The lowest BCUT2D eigenvalue weighted by Crippen LogP contribution is -2.40. The normalized spacial score (nSPS) is 11.6. The van der Waals surface area contributed by atoms with Crippen molar-refractivity contribution in [3.63, 3.8) is 0 Å². The van der Waals surface area contributed by atoms with E-state index in [0.29, 0.717) is 22.7 Å². The number of rotatable bonds is 3. The lowest BCUT2D eigenvalue weighted by molar-refractivity contribution is 0.0916. The first kappa shape index (κ1) is 17.8. The lowest BCUT2D eigenvalue weighted by Gasteiger charge is -2.19. The predicted molar refractivity (Wildman–Crippen MR) is 96.9 cm³/mol. The SMILES string of the molecule is COc1cc(F)cc(-c2cc(C)n3cnc(C(=O)NC(C)(C)C)c3n2)c1. The summed E-state index contributed by atoms with van der Waals surface area (Å²) in [6, 6.07) is 6.20. The van der Waals surface area contributed by atoms with Gasteiger partial charge in [-0.3, -0.25) is 9.20 Å². The number of hydrogen-bond donors (Lipinski definition) is 1. The minimum Gasteiger partial charge on any atom is -0.497 e. The van der Waals surface area contributed by atoms with Crippen LogP contribution in [-0.4, -0.2) is 32.9 Å². The molecular weight excluding hydrogens is 335 g/mol. The molecule has 0 saturated carbocycles. The highest BCUT2D eigenvalue weighted by molar-refractivity contribution is 5.98. The summed E-state index contributed by atoms with van der Waals surface area (Å²) in [5.74, 6) is -0.322. The molecule has 0 bridgehead atoms. The van der Waals surface area contributed by atoms with E-state index in [-0.39, 0.29) is 11.6 Å². The summed E-state index contributed by atoms with van der Waals surface area (Å²) in [5.41, 5.74) is 2.19. The third-order valence-electron chi connectivity index (χ3n) is 3.80. The molecule has 2 aromatic heterocycles. The molecule has 0 fully saturated rings. The Morgan fingerprint density at radius 1 is 1.23 bits per heavy atom. The van der Waals surface area contributed by atoms with Crippen LogP contribution in [-0.2, 0) is 0 Å². The summed E-state index contributed by atoms with van der Waals surface area (Å²) in [4.78, 5) is 21.3. The molecule has 0 radical (unpaired) electrons. The molecule has 1 amide bonds. The molecule has 0 unspecified atom stereocenters. The molecule has 0 atom stereocenters. The molecule has 0 saturated heterocycles. The Kier molecular flexibility index (Phi) is 4.39. The second-order valence-electron chi connectivity index (χ2n) is 7.15. The van der Waals surface area contributed by atoms with Crippen LogP contribution in [0.2, 0.25) is 0 Å². The fourth-order valence-corrected chi connectivity index (χ4v) is 2.66. The van der Waals surface area contributed by atoms with Gasteiger partial charge in [0.15, 0.2) is 11.3 Å². The van der Waals surface area contributed by atoms with Gasteiger partial charge in [0.1, 0.15) is 17.9 Å². The molecule has 0 spiro atoms. The number of hydrogen-bond acceptors (Lipinski definition) is 4. The fourth-order valence-electron chi connectivity index (χ4n) is 2.66. The number of methoxy groups -OCH3 is 1. The van der Waals surface area contributed by atoms with Crippen molar-refractivity contribution >= 4 is 11.6 Å². The average Bonchev–Trinajstić information content (AvgIpc) is 2.97. The number of amides is 1. The Bertz CT molecular complexity index is 989. The van der Waals surface area contributed by atoms with E-state index < -0.39 is 11.4 Å². The molecule has 7 heteroatoms. The van der Waals surface area contributed by atoms with E-state index >= 15 is 0 Å². The number of ether oxygens (including phenoxy) is 1. The van der Waals surface area contributed by atoms with E-state index in [0.717, 1.165) is 5.69 Å². The molecule has 26 heavy (non-hydrogen) atoms. The van der Waals surface area contributed by atoms with E-state index in [4.69, 9.17) is 4.74 Å². The van der Waals surface area contributed by atoms with Gasteiger partial charge >= 0.3 is 0 Å². The molecule has 2 heterocycles. The maximum Gasteiger partial charge on any atom is 0.274 e. The number of imidazole rings is 1. The quantitative estimate of drug-likeness (QED) is 0.781. The van der Waals surface area contributed by atoms with Gasteiger partial charge in [0.25, 0.3) is 5.91 Å². The number of carbonyl (C=O) groups is 1. The van der Waals surface area contributed by atoms with Crippen LogP contribution in [0.3, 0.4) is 0 Å². The smallest absolute Gasteiger partial charge is 0.274 e. The molecule has 3 aromatic rings. The van der Waals surface area contributed by atoms with Crippen molar-refractivity contribution in [3.05, 3.63) is 47.8 Å². The molecular formula is C19H21FN4O2. The second-order valence-corrected chi connectivity index (χ2v) is 7.15. The third kappa shape index (κ3) is 3.51. The Morgan fingerprint density at radius 2 is 1.96 bits per heavy atom. The highest BCUT2D eigenvalue weighted by Gasteiger charge is 2.21. The van der Waals surface area contributed by atoms with Gasteiger partial charge in [-0.1, -0.05) is 0 Å². The zero-order valence-electron chi connectivity index (χ0n) is 15.4. The topological polar surface area (TPSA) is 68.5 Å². The van der Waals surface area contributed by atoms with Gasteiger partial charge in [-0.05, 0) is 45.9 Å². The third-order valence-corrected chi connectivity index (χ3v) is 3.80. The minimum atomic E-state index is -0.419. The predicted octanol–water partition coefficient (Wildman–Crippen LogP) is 3.38. The highest BCUT2D eigenvalue weighted by Crippen LogP contribution is 2.26. The number of aromatic nitrogens is 3. The zero-order valence-corrected chi connectivity index (χ0v) is 15.4. The van der Waals surface area contributed by atoms with Gasteiger partial charge in [0, 0.05) is 22.9 Å². The van der Waals surface area contributed by atoms with Crippen molar-refractivity contribution in [3.8, 4) is 17.0 Å². The summed E-state index contributed by atoms with van der Waals surface area (Å²) >= 11 is 0. The Balaban J connectivity index is 2.14. The summed E-state index contributed by atoms with van der Waals surface area (Å²) in [6.07, 6.45) is 1.56. The Morgan fingerprint density at radius 3 is 2.62 bits per heavy atom. The standard InChI is InChI=1S/C19H21FN4O2/c1-11-6-15(12-7-13(20)9-14(8-12)26-5)22-17-16(21-10-24(11)17)18(25)23-19(2,3)4/h6-10H,1-5H3,(H,23,25). The first-order chi connectivity index (χ1) is 12.2. The summed E-state index contributed by atoms with van der Waals surface area (Å²) < 4.78 is 20.7. The van der Waals surface area contributed by atoms with E-state index in [1.165, 1.54) is 19.2 Å². The van der Waals surface area contributed by atoms with Crippen molar-refractivity contribution < 1.29 is 13.9 Å². The van der Waals surface area contributed by atoms with Gasteiger partial charge in [-0.2, -0.15) is 0 Å². The van der Waals surface area contributed by atoms with Crippen LogP contribution in [0.15, 0.2) is 30.6 Å². The van der Waals surface area contributed by atoms with Gasteiger partial charge < -0.3 is 10.1 Å². The zero-order chi connectivity index (χ0) is 19.1. The number of benzene rings is 1. The van der Waals surface area contributed by atoms with Crippen LogP contribution >= 0.6 is 0 Å².